The van der Waals surface area contributed by atoms with Crippen LogP contribution in [0.5, 0.6) is 5.75 Å². The Bertz CT molecular complexity index is 357. The maximum absolute atomic E-state index is 12.3. The van der Waals surface area contributed by atoms with E-state index < -0.39 is 29.4 Å². The van der Waals surface area contributed by atoms with Crippen molar-refractivity contribution in [2.45, 2.75) is 13.0 Å². The van der Waals surface area contributed by atoms with E-state index in [2.05, 4.69) is 4.74 Å². The number of rotatable bonds is 3. The van der Waals surface area contributed by atoms with E-state index in [9.17, 15) is 17.6 Å². The molecule has 0 atom stereocenters. The van der Waals surface area contributed by atoms with Gasteiger partial charge in [0.2, 0.25) is 0 Å². The van der Waals surface area contributed by atoms with Crippen LogP contribution < -0.4 is 4.74 Å². The summed E-state index contributed by atoms with van der Waals surface area (Å²) in [5.41, 5.74) is -0.639. The summed E-state index contributed by atoms with van der Waals surface area (Å²) in [6, 6.07) is 1.84. The van der Waals surface area contributed by atoms with E-state index in [1.807, 2.05) is 0 Å². The maximum atomic E-state index is 12.3. The molecule has 1 aromatic rings. The van der Waals surface area contributed by atoms with Gasteiger partial charge in [-0.3, -0.25) is 0 Å². The van der Waals surface area contributed by atoms with Gasteiger partial charge in [-0.05, 0) is 6.07 Å². The van der Waals surface area contributed by atoms with Crippen molar-refractivity contribution in [3.63, 3.8) is 0 Å². The smallest absolute Gasteiger partial charge is 0.387 e. The minimum absolute atomic E-state index is 0.148. The molecule has 1 nitrogen and oxygen atoms in total. The Labute approximate surface area is 92.5 Å². The second kappa shape index (κ2) is 4.90. The van der Waals surface area contributed by atoms with Gasteiger partial charge in [-0.2, -0.15) is 8.78 Å². The van der Waals surface area contributed by atoms with Crippen LogP contribution in [0.4, 0.5) is 17.6 Å². The molecule has 1 aromatic carbocycles. The monoisotopic (exact) mass is 262 g/mol. The van der Waals surface area contributed by atoms with Gasteiger partial charge in [0, 0.05) is 16.7 Å². The minimum Gasteiger partial charge on any atom is -0.433 e. The zero-order valence-electron chi connectivity index (χ0n) is 6.99. The van der Waals surface area contributed by atoms with Crippen LogP contribution in [0, 0.1) is 0 Å². The fraction of sp³-hybridized carbons (Fsp3) is 0.250. The van der Waals surface area contributed by atoms with Crippen molar-refractivity contribution in [3.05, 3.63) is 27.7 Å². The summed E-state index contributed by atoms with van der Waals surface area (Å²) in [6.07, 6.45) is -2.91. The Morgan fingerprint density at radius 1 is 1.07 bits per heavy atom. The van der Waals surface area contributed by atoms with Gasteiger partial charge < -0.3 is 4.74 Å². The Morgan fingerprint density at radius 2 is 1.67 bits per heavy atom. The fourth-order valence-corrected chi connectivity index (χ4v) is 1.38. The molecule has 0 saturated heterocycles. The summed E-state index contributed by atoms with van der Waals surface area (Å²) in [7, 11) is 0. The molecule has 1 rings (SSSR count). The highest BCUT2D eigenvalue weighted by molar-refractivity contribution is 6.35. The zero-order valence-corrected chi connectivity index (χ0v) is 8.50. The third kappa shape index (κ3) is 3.14. The standard InChI is InChI=1S/C8H4Cl2F4O/c9-3-1-4(7(11)12)6(10)5(2-3)15-8(13)14/h1-2,7-8H. The molecule has 0 saturated carbocycles. The van der Waals surface area contributed by atoms with Gasteiger partial charge in [-0.15, -0.1) is 0 Å². The SMILES string of the molecule is FC(F)Oc1cc(Cl)cc(C(F)F)c1Cl. The van der Waals surface area contributed by atoms with Crippen molar-refractivity contribution < 1.29 is 22.3 Å². The molecular formula is C8H4Cl2F4O. The molecule has 0 aliphatic rings. The lowest BCUT2D eigenvalue weighted by Crippen LogP contribution is -2.03. The zero-order chi connectivity index (χ0) is 11.6. The second-order valence-electron chi connectivity index (χ2n) is 2.49. The molecule has 7 heteroatoms. The van der Waals surface area contributed by atoms with Gasteiger partial charge >= 0.3 is 6.61 Å². The fourth-order valence-electron chi connectivity index (χ4n) is 0.925. The first-order valence-electron chi connectivity index (χ1n) is 3.63. The van der Waals surface area contributed by atoms with E-state index in [4.69, 9.17) is 23.2 Å². The van der Waals surface area contributed by atoms with Crippen LogP contribution in [0.1, 0.15) is 12.0 Å². The molecule has 0 N–H and O–H groups in total. The van der Waals surface area contributed by atoms with Crippen LogP contribution in [0.25, 0.3) is 0 Å². The molecule has 0 aromatic heterocycles. The van der Waals surface area contributed by atoms with E-state index in [0.29, 0.717) is 0 Å². The quantitative estimate of drug-likeness (QED) is 0.728. The average Bonchev–Trinajstić information content (AvgIpc) is 2.09. The highest BCUT2D eigenvalue weighted by atomic mass is 35.5. The Hall–Kier alpha value is -0.680. The number of hydrogen-bond donors (Lipinski definition) is 0. The third-order valence-electron chi connectivity index (χ3n) is 1.48. The highest BCUT2D eigenvalue weighted by Gasteiger charge is 2.19. The van der Waals surface area contributed by atoms with Crippen LogP contribution >= 0.6 is 23.2 Å². The molecule has 0 fully saturated rings. The predicted octanol–water partition coefficient (Wildman–Crippen LogP) is 4.53. The lowest BCUT2D eigenvalue weighted by molar-refractivity contribution is -0.0499. The van der Waals surface area contributed by atoms with E-state index in [-0.39, 0.29) is 5.02 Å². The van der Waals surface area contributed by atoms with Crippen LogP contribution in [0.3, 0.4) is 0 Å². The number of alkyl halides is 4. The molecule has 0 amide bonds. The molecule has 84 valence electrons. The van der Waals surface area contributed by atoms with Gasteiger partial charge in [0.1, 0.15) is 5.75 Å². The number of benzene rings is 1. The topological polar surface area (TPSA) is 9.23 Å². The minimum atomic E-state index is -3.15. The van der Waals surface area contributed by atoms with E-state index in [1.54, 1.807) is 0 Å². The van der Waals surface area contributed by atoms with Gasteiger partial charge in [0.15, 0.2) is 0 Å². The molecule has 0 radical (unpaired) electrons. The normalized spacial score (nSPS) is 11.2. The predicted molar refractivity (Wildman–Crippen MR) is 48.1 cm³/mol. The van der Waals surface area contributed by atoms with E-state index in [1.165, 1.54) is 0 Å². The first-order chi connectivity index (χ1) is 6.91. The summed E-state index contributed by atoms with van der Waals surface area (Å²) in [5.74, 6) is -0.561. The molecule has 0 aliphatic carbocycles. The second-order valence-corrected chi connectivity index (χ2v) is 3.30. The summed E-state index contributed by atoms with van der Waals surface area (Å²) in [5, 5.41) is -0.708. The lowest BCUT2D eigenvalue weighted by Gasteiger charge is -2.10. The van der Waals surface area contributed by atoms with Crippen molar-refractivity contribution >= 4 is 23.2 Å². The van der Waals surface area contributed by atoms with Crippen LogP contribution in [-0.4, -0.2) is 6.61 Å². The van der Waals surface area contributed by atoms with Crippen LogP contribution in [0.2, 0.25) is 10.0 Å². The van der Waals surface area contributed by atoms with Crippen molar-refractivity contribution in [3.8, 4) is 5.75 Å². The largest absolute Gasteiger partial charge is 0.433 e. The van der Waals surface area contributed by atoms with E-state index >= 15 is 0 Å². The van der Waals surface area contributed by atoms with Crippen molar-refractivity contribution in [1.29, 1.82) is 0 Å². The molecule has 0 aliphatic heterocycles. The highest BCUT2D eigenvalue weighted by Crippen LogP contribution is 2.37. The average molecular weight is 263 g/mol. The van der Waals surface area contributed by atoms with Crippen LogP contribution in [0.15, 0.2) is 12.1 Å². The maximum Gasteiger partial charge on any atom is 0.387 e. The van der Waals surface area contributed by atoms with Crippen molar-refractivity contribution in [2.75, 3.05) is 0 Å². The van der Waals surface area contributed by atoms with Gasteiger partial charge in [0.05, 0.1) is 5.02 Å². The Morgan fingerprint density at radius 3 is 2.13 bits per heavy atom. The summed E-state index contributed by atoms with van der Waals surface area (Å²) in [4.78, 5) is 0. The first kappa shape index (κ1) is 12.4. The number of hydrogen-bond acceptors (Lipinski definition) is 1. The molecular weight excluding hydrogens is 259 g/mol. The molecule has 0 spiro atoms. The summed E-state index contributed by atoms with van der Waals surface area (Å²) < 4.78 is 52.3. The van der Waals surface area contributed by atoms with Crippen LogP contribution in [-0.2, 0) is 0 Å². The number of ether oxygens (including phenoxy) is 1. The van der Waals surface area contributed by atoms with Gasteiger partial charge in [-0.25, -0.2) is 8.78 Å². The lowest BCUT2D eigenvalue weighted by atomic mass is 10.2. The summed E-state index contributed by atoms with van der Waals surface area (Å²) in [6.45, 7) is -3.15. The first-order valence-corrected chi connectivity index (χ1v) is 4.39. The van der Waals surface area contributed by atoms with Crippen molar-refractivity contribution in [2.24, 2.45) is 0 Å². The van der Waals surface area contributed by atoms with Gasteiger partial charge in [-0.1, -0.05) is 23.2 Å². The molecule has 0 heterocycles. The molecule has 15 heavy (non-hydrogen) atoms. The third-order valence-corrected chi connectivity index (χ3v) is 2.11. The molecule has 0 unspecified atom stereocenters. The summed E-state index contributed by atoms with van der Waals surface area (Å²) >= 11 is 10.9. The Kier molecular flexibility index (Phi) is 4.04. The Balaban J connectivity index is 3.16. The van der Waals surface area contributed by atoms with E-state index in [0.717, 1.165) is 12.1 Å². The van der Waals surface area contributed by atoms with Gasteiger partial charge in [0.25, 0.3) is 6.43 Å². The number of halogens is 6. The molecule has 0 bridgehead atoms. The van der Waals surface area contributed by atoms with Crippen molar-refractivity contribution in [1.82, 2.24) is 0 Å².